The molecule has 0 aliphatic carbocycles. The molecule has 0 fully saturated rings. The van der Waals surface area contributed by atoms with Gasteiger partial charge < -0.3 is 9.72 Å². The number of fused-ring (bicyclic) bond motifs is 1. The Morgan fingerprint density at radius 1 is 1.21 bits per heavy atom. The van der Waals surface area contributed by atoms with Crippen molar-refractivity contribution in [2.75, 3.05) is 0 Å². The molecular formula is C15H17NO3. The predicted molar refractivity (Wildman–Crippen MR) is 73.5 cm³/mol. The Morgan fingerprint density at radius 3 is 2.47 bits per heavy atom. The number of rotatable bonds is 2. The van der Waals surface area contributed by atoms with Gasteiger partial charge in [0.2, 0.25) is 0 Å². The van der Waals surface area contributed by atoms with E-state index in [1.807, 2.05) is 20.8 Å². The average molecular weight is 259 g/mol. The molecule has 0 atom stereocenters. The molecule has 1 N–H and O–H groups in total. The van der Waals surface area contributed by atoms with Gasteiger partial charge in [0.05, 0.1) is 5.56 Å². The van der Waals surface area contributed by atoms with Gasteiger partial charge in [0.1, 0.15) is 5.60 Å². The lowest BCUT2D eigenvalue weighted by molar-refractivity contribution is 0.00696. The standard InChI is InChI=1S/C15H17NO3/c1-9(17)12-8-16-13-6-5-10(7-11(12)13)14(18)19-15(2,3)4/h5-8,16H,1-4H3. The van der Waals surface area contributed by atoms with E-state index in [0.717, 1.165) is 10.9 Å². The molecule has 0 bridgehead atoms. The van der Waals surface area contributed by atoms with Gasteiger partial charge in [-0.1, -0.05) is 0 Å². The minimum atomic E-state index is -0.534. The molecule has 2 rings (SSSR count). The van der Waals surface area contributed by atoms with E-state index in [0.29, 0.717) is 11.1 Å². The number of aromatic amines is 1. The van der Waals surface area contributed by atoms with Crippen LogP contribution in [0.1, 0.15) is 48.4 Å². The largest absolute Gasteiger partial charge is 0.456 e. The number of carbonyl (C=O) groups is 2. The summed E-state index contributed by atoms with van der Waals surface area (Å²) in [7, 11) is 0. The maximum Gasteiger partial charge on any atom is 0.338 e. The smallest absolute Gasteiger partial charge is 0.338 e. The second-order valence-corrected chi connectivity index (χ2v) is 5.52. The molecule has 0 amide bonds. The first-order valence-corrected chi connectivity index (χ1v) is 6.13. The van der Waals surface area contributed by atoms with Gasteiger partial charge in [-0.05, 0) is 45.9 Å². The zero-order valence-corrected chi connectivity index (χ0v) is 11.5. The highest BCUT2D eigenvalue weighted by molar-refractivity contribution is 6.08. The van der Waals surface area contributed by atoms with Gasteiger partial charge in [-0.2, -0.15) is 0 Å². The molecular weight excluding hydrogens is 242 g/mol. The van der Waals surface area contributed by atoms with Crippen LogP contribution in [-0.2, 0) is 4.74 Å². The summed E-state index contributed by atoms with van der Waals surface area (Å²) in [6, 6.07) is 5.16. The topological polar surface area (TPSA) is 59.2 Å². The van der Waals surface area contributed by atoms with Crippen LogP contribution in [0.4, 0.5) is 0 Å². The highest BCUT2D eigenvalue weighted by atomic mass is 16.6. The second kappa shape index (κ2) is 4.53. The van der Waals surface area contributed by atoms with Crippen LogP contribution in [0.25, 0.3) is 10.9 Å². The Kier molecular flexibility index (Phi) is 3.18. The van der Waals surface area contributed by atoms with Crippen molar-refractivity contribution in [3.05, 3.63) is 35.5 Å². The van der Waals surface area contributed by atoms with Crippen LogP contribution >= 0.6 is 0 Å². The fourth-order valence-corrected chi connectivity index (χ4v) is 1.88. The first kappa shape index (κ1) is 13.3. The van der Waals surface area contributed by atoms with Crippen molar-refractivity contribution in [1.29, 1.82) is 0 Å². The van der Waals surface area contributed by atoms with E-state index in [-0.39, 0.29) is 11.8 Å². The minimum Gasteiger partial charge on any atom is -0.456 e. The summed E-state index contributed by atoms with van der Waals surface area (Å²) >= 11 is 0. The third-order valence-corrected chi connectivity index (χ3v) is 2.70. The summed E-state index contributed by atoms with van der Waals surface area (Å²) in [6.07, 6.45) is 1.66. The Hall–Kier alpha value is -2.10. The normalized spacial score (nSPS) is 11.6. The van der Waals surface area contributed by atoms with Gasteiger partial charge in [0, 0.05) is 22.7 Å². The number of carbonyl (C=O) groups excluding carboxylic acids is 2. The SMILES string of the molecule is CC(=O)c1c[nH]c2ccc(C(=O)OC(C)(C)C)cc12. The number of ether oxygens (including phenoxy) is 1. The molecule has 4 heteroatoms. The van der Waals surface area contributed by atoms with Gasteiger partial charge in [0.15, 0.2) is 5.78 Å². The number of H-pyrrole nitrogens is 1. The van der Waals surface area contributed by atoms with Gasteiger partial charge in [0.25, 0.3) is 0 Å². The average Bonchev–Trinajstić information content (AvgIpc) is 2.68. The lowest BCUT2D eigenvalue weighted by atomic mass is 10.1. The van der Waals surface area contributed by atoms with Crippen LogP contribution in [0, 0.1) is 0 Å². The fourth-order valence-electron chi connectivity index (χ4n) is 1.88. The van der Waals surface area contributed by atoms with Crippen LogP contribution in [0.3, 0.4) is 0 Å². The molecule has 0 saturated heterocycles. The van der Waals surface area contributed by atoms with Crippen LogP contribution in [0.15, 0.2) is 24.4 Å². The number of hydrogen-bond acceptors (Lipinski definition) is 3. The molecule has 0 spiro atoms. The van der Waals surface area contributed by atoms with Crippen molar-refractivity contribution in [2.24, 2.45) is 0 Å². The summed E-state index contributed by atoms with van der Waals surface area (Å²) in [4.78, 5) is 26.5. The van der Waals surface area contributed by atoms with E-state index < -0.39 is 5.60 Å². The van der Waals surface area contributed by atoms with Crippen molar-refractivity contribution in [3.8, 4) is 0 Å². The van der Waals surface area contributed by atoms with Crippen molar-refractivity contribution in [3.63, 3.8) is 0 Å². The van der Waals surface area contributed by atoms with E-state index in [4.69, 9.17) is 4.74 Å². The van der Waals surface area contributed by atoms with Gasteiger partial charge in [-0.25, -0.2) is 4.79 Å². The maximum absolute atomic E-state index is 12.0. The third kappa shape index (κ3) is 2.84. The van der Waals surface area contributed by atoms with Crippen molar-refractivity contribution in [1.82, 2.24) is 4.98 Å². The number of Topliss-reactive ketones (excluding diaryl/α,β-unsaturated/α-hetero) is 1. The summed E-state index contributed by atoms with van der Waals surface area (Å²) in [6.45, 7) is 6.96. The van der Waals surface area contributed by atoms with Crippen LogP contribution in [-0.4, -0.2) is 22.3 Å². The number of nitrogens with one attached hydrogen (secondary N) is 1. The summed E-state index contributed by atoms with van der Waals surface area (Å²) < 4.78 is 5.32. The molecule has 0 aliphatic rings. The number of aromatic nitrogens is 1. The molecule has 0 saturated carbocycles. The van der Waals surface area contributed by atoms with Crippen molar-refractivity contribution >= 4 is 22.7 Å². The lowest BCUT2D eigenvalue weighted by Gasteiger charge is -2.19. The Bertz CT molecular complexity index is 647. The zero-order valence-electron chi connectivity index (χ0n) is 11.5. The van der Waals surface area contributed by atoms with Crippen LogP contribution < -0.4 is 0 Å². The third-order valence-electron chi connectivity index (χ3n) is 2.70. The maximum atomic E-state index is 12.0. The molecule has 4 nitrogen and oxygen atoms in total. The molecule has 1 aromatic carbocycles. The summed E-state index contributed by atoms with van der Waals surface area (Å²) in [5.74, 6) is -0.419. The summed E-state index contributed by atoms with van der Waals surface area (Å²) in [5, 5.41) is 0.746. The number of benzene rings is 1. The summed E-state index contributed by atoms with van der Waals surface area (Å²) in [5.41, 5.74) is 1.33. The van der Waals surface area contributed by atoms with Crippen LogP contribution in [0.2, 0.25) is 0 Å². The van der Waals surface area contributed by atoms with Gasteiger partial charge in [-0.15, -0.1) is 0 Å². The molecule has 0 radical (unpaired) electrons. The number of ketones is 1. The van der Waals surface area contributed by atoms with E-state index in [1.165, 1.54) is 6.92 Å². The number of esters is 1. The highest BCUT2D eigenvalue weighted by Crippen LogP contribution is 2.22. The van der Waals surface area contributed by atoms with Crippen molar-refractivity contribution < 1.29 is 14.3 Å². The fraction of sp³-hybridized carbons (Fsp3) is 0.333. The predicted octanol–water partition coefficient (Wildman–Crippen LogP) is 3.33. The van der Waals surface area contributed by atoms with E-state index in [2.05, 4.69) is 4.98 Å². The molecule has 1 heterocycles. The Labute approximate surface area is 111 Å². The molecule has 2 aromatic rings. The molecule has 0 aliphatic heterocycles. The van der Waals surface area contributed by atoms with Gasteiger partial charge in [-0.3, -0.25) is 4.79 Å². The number of hydrogen-bond donors (Lipinski definition) is 1. The lowest BCUT2D eigenvalue weighted by Crippen LogP contribution is -2.23. The Morgan fingerprint density at radius 2 is 1.89 bits per heavy atom. The Balaban J connectivity index is 2.43. The molecule has 100 valence electrons. The van der Waals surface area contributed by atoms with E-state index in [1.54, 1.807) is 24.4 Å². The first-order chi connectivity index (χ1) is 8.78. The minimum absolute atomic E-state index is 0.0346. The van der Waals surface area contributed by atoms with Crippen molar-refractivity contribution in [2.45, 2.75) is 33.3 Å². The van der Waals surface area contributed by atoms with Gasteiger partial charge >= 0.3 is 5.97 Å². The second-order valence-electron chi connectivity index (χ2n) is 5.52. The molecule has 19 heavy (non-hydrogen) atoms. The highest BCUT2D eigenvalue weighted by Gasteiger charge is 2.19. The zero-order chi connectivity index (χ0) is 14.2. The monoisotopic (exact) mass is 259 g/mol. The first-order valence-electron chi connectivity index (χ1n) is 6.13. The molecule has 0 unspecified atom stereocenters. The quantitative estimate of drug-likeness (QED) is 0.664. The molecule has 1 aromatic heterocycles. The van der Waals surface area contributed by atoms with E-state index >= 15 is 0 Å². The van der Waals surface area contributed by atoms with E-state index in [9.17, 15) is 9.59 Å². The van der Waals surface area contributed by atoms with Crippen LogP contribution in [0.5, 0.6) is 0 Å².